The zero-order valence-electron chi connectivity index (χ0n) is 14.8. The van der Waals surface area contributed by atoms with E-state index in [1.165, 1.54) is 24.1 Å². The lowest BCUT2D eigenvalue weighted by atomic mass is 10.0. The predicted octanol–water partition coefficient (Wildman–Crippen LogP) is 3.84. The molecule has 0 amide bonds. The minimum absolute atomic E-state index is 0.440. The zero-order chi connectivity index (χ0) is 17.2. The number of methoxy groups -OCH3 is 1. The summed E-state index contributed by atoms with van der Waals surface area (Å²) in [5.41, 5.74) is 4.56. The third-order valence-corrected chi connectivity index (χ3v) is 4.87. The second kappa shape index (κ2) is 6.84. The summed E-state index contributed by atoms with van der Waals surface area (Å²) in [6.45, 7) is 4.70. The molecule has 4 rings (SSSR count). The Kier molecular flexibility index (Phi) is 4.40. The van der Waals surface area contributed by atoms with Crippen LogP contribution in [0.1, 0.15) is 19.8 Å². The van der Waals surface area contributed by atoms with Gasteiger partial charge in [0.25, 0.3) is 0 Å². The molecule has 132 valence electrons. The molecule has 1 aromatic carbocycles. The van der Waals surface area contributed by atoms with Crippen molar-refractivity contribution in [3.63, 3.8) is 0 Å². The lowest BCUT2D eigenvalue weighted by molar-refractivity contribution is 0.311. The number of piperidine rings is 1. The Hall–Kier alpha value is -2.40. The van der Waals surface area contributed by atoms with Gasteiger partial charge in [-0.2, -0.15) is 0 Å². The summed E-state index contributed by atoms with van der Waals surface area (Å²) in [6.07, 6.45) is 2.39. The number of aromatic amines is 1. The van der Waals surface area contributed by atoms with Gasteiger partial charge in [-0.15, -0.1) is 0 Å². The van der Waals surface area contributed by atoms with Crippen molar-refractivity contribution in [1.82, 2.24) is 10.3 Å². The maximum absolute atomic E-state index is 5.74. The van der Waals surface area contributed by atoms with Crippen LogP contribution in [0, 0.1) is 0 Å². The molecule has 2 aliphatic heterocycles. The molecule has 2 heterocycles. The van der Waals surface area contributed by atoms with E-state index >= 15 is 0 Å². The first-order valence-electron chi connectivity index (χ1n) is 9.02. The molecular weight excluding hydrogens is 314 g/mol. The average Bonchev–Trinajstić information content (AvgIpc) is 3.10. The number of H-pyrrole nitrogens is 1. The lowest BCUT2D eigenvalue weighted by Gasteiger charge is -2.27. The normalized spacial score (nSPS) is 17.8. The SMILES string of the molecule is CCOc1cc2[nH]c3cccc-3c(N[C@@H]3CCCNC3)c2cc1OC. The van der Waals surface area contributed by atoms with E-state index < -0.39 is 0 Å². The second-order valence-electron chi connectivity index (χ2n) is 6.52. The van der Waals surface area contributed by atoms with E-state index in [9.17, 15) is 0 Å². The van der Waals surface area contributed by atoms with Gasteiger partial charge in [0.1, 0.15) is 0 Å². The van der Waals surface area contributed by atoms with E-state index in [4.69, 9.17) is 9.47 Å². The first-order chi connectivity index (χ1) is 12.3. The highest BCUT2D eigenvalue weighted by molar-refractivity contribution is 6.02. The molecule has 1 aliphatic carbocycles. The monoisotopic (exact) mass is 339 g/mol. The van der Waals surface area contributed by atoms with Crippen LogP contribution in [-0.2, 0) is 0 Å². The third kappa shape index (κ3) is 3.00. The van der Waals surface area contributed by atoms with Crippen molar-refractivity contribution in [1.29, 1.82) is 0 Å². The number of hydrogen-bond acceptors (Lipinski definition) is 4. The lowest BCUT2D eigenvalue weighted by Crippen LogP contribution is -2.38. The topological polar surface area (TPSA) is 58.3 Å². The van der Waals surface area contributed by atoms with E-state index in [2.05, 4.69) is 39.9 Å². The quantitative estimate of drug-likeness (QED) is 0.661. The Labute approximate surface area is 148 Å². The van der Waals surface area contributed by atoms with Crippen molar-refractivity contribution in [3.8, 4) is 22.8 Å². The smallest absolute Gasteiger partial charge is 0.163 e. The van der Waals surface area contributed by atoms with Crippen LogP contribution in [0.15, 0.2) is 30.3 Å². The van der Waals surface area contributed by atoms with Gasteiger partial charge in [0.05, 0.1) is 24.9 Å². The number of pyridine rings is 1. The molecule has 0 spiro atoms. The molecule has 0 unspecified atom stereocenters. The summed E-state index contributed by atoms with van der Waals surface area (Å²) in [5, 5.41) is 8.38. The maximum Gasteiger partial charge on any atom is 0.163 e. The fourth-order valence-electron chi connectivity index (χ4n) is 3.67. The van der Waals surface area contributed by atoms with Gasteiger partial charge in [-0.05, 0) is 38.4 Å². The second-order valence-corrected chi connectivity index (χ2v) is 6.52. The van der Waals surface area contributed by atoms with Crippen LogP contribution in [0.4, 0.5) is 5.69 Å². The van der Waals surface area contributed by atoms with Gasteiger partial charge >= 0.3 is 0 Å². The number of ether oxygens (including phenoxy) is 2. The van der Waals surface area contributed by atoms with Crippen molar-refractivity contribution in [2.24, 2.45) is 0 Å². The van der Waals surface area contributed by atoms with Gasteiger partial charge in [0.15, 0.2) is 11.5 Å². The minimum Gasteiger partial charge on any atom is -0.493 e. The van der Waals surface area contributed by atoms with Crippen LogP contribution in [0.3, 0.4) is 0 Å². The average molecular weight is 339 g/mol. The van der Waals surface area contributed by atoms with E-state index in [1.54, 1.807) is 7.11 Å². The molecule has 0 radical (unpaired) electrons. The fraction of sp³-hybridized carbons (Fsp3) is 0.400. The minimum atomic E-state index is 0.440. The summed E-state index contributed by atoms with van der Waals surface area (Å²) in [7, 11) is 1.69. The molecule has 1 atom stereocenters. The van der Waals surface area contributed by atoms with Crippen LogP contribution >= 0.6 is 0 Å². The molecule has 1 aromatic rings. The highest BCUT2D eigenvalue weighted by atomic mass is 16.5. The van der Waals surface area contributed by atoms with Crippen LogP contribution in [0.25, 0.3) is 22.2 Å². The fourth-order valence-corrected chi connectivity index (χ4v) is 3.67. The molecule has 3 N–H and O–H groups in total. The number of hydrogen-bond donors (Lipinski definition) is 3. The Morgan fingerprint density at radius 3 is 2.92 bits per heavy atom. The van der Waals surface area contributed by atoms with Crippen molar-refractivity contribution >= 4 is 16.6 Å². The van der Waals surface area contributed by atoms with Gasteiger partial charge in [-0.1, -0.05) is 12.1 Å². The molecule has 0 bridgehead atoms. The van der Waals surface area contributed by atoms with Crippen LogP contribution in [0.5, 0.6) is 11.5 Å². The maximum atomic E-state index is 5.74. The number of anilines is 1. The Balaban J connectivity index is 1.86. The summed E-state index contributed by atoms with van der Waals surface area (Å²) in [4.78, 5) is 3.53. The van der Waals surface area contributed by atoms with Crippen molar-refractivity contribution in [2.45, 2.75) is 25.8 Å². The molecule has 1 saturated heterocycles. The van der Waals surface area contributed by atoms with Gasteiger partial charge in [-0.3, -0.25) is 0 Å². The number of aromatic nitrogens is 1. The molecular formula is C20H25N3O2. The van der Waals surface area contributed by atoms with Gasteiger partial charge in [0, 0.05) is 35.3 Å². The summed E-state index contributed by atoms with van der Waals surface area (Å²) >= 11 is 0. The summed E-state index contributed by atoms with van der Waals surface area (Å²) in [5.74, 6) is 1.53. The first-order valence-corrected chi connectivity index (χ1v) is 9.02. The first kappa shape index (κ1) is 16.1. The van der Waals surface area contributed by atoms with Crippen LogP contribution < -0.4 is 20.1 Å². The predicted molar refractivity (Wildman–Crippen MR) is 102 cm³/mol. The van der Waals surface area contributed by atoms with Gasteiger partial charge < -0.3 is 25.1 Å². The summed E-state index contributed by atoms with van der Waals surface area (Å²) < 4.78 is 11.3. The van der Waals surface area contributed by atoms with Crippen molar-refractivity contribution in [2.75, 3.05) is 32.1 Å². The molecule has 0 aromatic heterocycles. The highest BCUT2D eigenvalue weighted by Gasteiger charge is 2.20. The zero-order valence-corrected chi connectivity index (χ0v) is 14.8. The Bertz CT molecular complexity index is 836. The summed E-state index contributed by atoms with van der Waals surface area (Å²) in [6, 6.07) is 10.9. The molecule has 0 saturated carbocycles. The number of benzene rings is 1. The molecule has 25 heavy (non-hydrogen) atoms. The Morgan fingerprint density at radius 2 is 2.16 bits per heavy atom. The number of fused-ring (bicyclic) bond motifs is 2. The van der Waals surface area contributed by atoms with Crippen LogP contribution in [0.2, 0.25) is 0 Å². The van der Waals surface area contributed by atoms with Crippen molar-refractivity contribution < 1.29 is 9.47 Å². The molecule has 3 aliphatic rings. The van der Waals surface area contributed by atoms with E-state index in [0.717, 1.165) is 41.2 Å². The largest absolute Gasteiger partial charge is 0.493 e. The molecule has 5 heteroatoms. The van der Waals surface area contributed by atoms with Gasteiger partial charge in [0.2, 0.25) is 0 Å². The number of rotatable bonds is 5. The van der Waals surface area contributed by atoms with Crippen LogP contribution in [-0.4, -0.2) is 37.8 Å². The highest BCUT2D eigenvalue weighted by Crippen LogP contribution is 2.41. The van der Waals surface area contributed by atoms with Crippen molar-refractivity contribution in [3.05, 3.63) is 30.3 Å². The molecule has 1 fully saturated rings. The number of nitrogens with one attached hydrogen (secondary N) is 3. The van der Waals surface area contributed by atoms with E-state index in [1.807, 2.05) is 13.0 Å². The standard InChI is InChI=1S/C20H25N3O2/c1-3-25-19-11-17-15(10-18(19)24-2)20(14-7-4-8-16(14)23-17)22-13-6-5-9-21-12-13/h4,7-8,10-11,13,21-23H,3,5-6,9,12H2,1-2H3/t13-/m1/s1. The van der Waals surface area contributed by atoms with E-state index in [-0.39, 0.29) is 0 Å². The van der Waals surface area contributed by atoms with Gasteiger partial charge in [-0.25, -0.2) is 0 Å². The van der Waals surface area contributed by atoms with E-state index in [0.29, 0.717) is 12.6 Å². The Morgan fingerprint density at radius 1 is 1.24 bits per heavy atom. The third-order valence-electron chi connectivity index (χ3n) is 4.87. The molecule has 5 nitrogen and oxygen atoms in total.